The average Bonchev–Trinajstić information content (AvgIpc) is 2.85. The van der Waals surface area contributed by atoms with E-state index in [1.165, 1.54) is 55.1 Å². The van der Waals surface area contributed by atoms with Crippen LogP contribution in [0.1, 0.15) is 37.7 Å². The summed E-state index contributed by atoms with van der Waals surface area (Å²) >= 11 is 0. The van der Waals surface area contributed by atoms with Crippen molar-refractivity contribution in [3.63, 3.8) is 0 Å². The molecule has 0 amide bonds. The quantitative estimate of drug-likeness (QED) is 0.888. The van der Waals surface area contributed by atoms with Gasteiger partial charge in [0.05, 0.1) is 5.52 Å². The Kier molecular flexibility index (Phi) is 3.88. The first-order valence-corrected chi connectivity index (χ1v) is 7.65. The van der Waals surface area contributed by atoms with Crippen LogP contribution in [0.2, 0.25) is 0 Å². The van der Waals surface area contributed by atoms with Crippen molar-refractivity contribution in [2.24, 2.45) is 11.7 Å². The summed E-state index contributed by atoms with van der Waals surface area (Å²) in [6.07, 6.45) is 10.3. The second-order valence-electron chi connectivity index (χ2n) is 5.87. The van der Waals surface area contributed by atoms with Crippen molar-refractivity contribution >= 4 is 10.9 Å². The third-order valence-electron chi connectivity index (χ3n) is 4.47. The number of nitrogens with two attached hydrogens (primary N) is 1. The van der Waals surface area contributed by atoms with Crippen LogP contribution in [0.3, 0.4) is 0 Å². The molecule has 0 unspecified atom stereocenters. The molecule has 0 atom stereocenters. The number of aromatic nitrogens is 1. The molecule has 1 aromatic carbocycles. The molecule has 0 spiro atoms. The maximum absolute atomic E-state index is 5.75. The molecule has 0 radical (unpaired) electrons. The van der Waals surface area contributed by atoms with Crippen LogP contribution in [0, 0.1) is 5.92 Å². The van der Waals surface area contributed by atoms with Gasteiger partial charge in [-0.2, -0.15) is 0 Å². The van der Waals surface area contributed by atoms with Crippen LogP contribution >= 0.6 is 0 Å². The Morgan fingerprint density at radius 2 is 1.95 bits per heavy atom. The third kappa shape index (κ3) is 2.69. The fraction of sp³-hybridized carbons (Fsp3) is 0.529. The average molecular weight is 256 g/mol. The van der Waals surface area contributed by atoms with Crippen molar-refractivity contribution in [3.05, 3.63) is 36.0 Å². The molecule has 2 heteroatoms. The van der Waals surface area contributed by atoms with Crippen molar-refractivity contribution in [1.82, 2.24) is 4.57 Å². The molecular weight excluding hydrogens is 232 g/mol. The molecule has 1 fully saturated rings. The van der Waals surface area contributed by atoms with E-state index in [0.717, 1.165) is 18.9 Å². The van der Waals surface area contributed by atoms with Gasteiger partial charge in [-0.1, -0.05) is 37.5 Å². The minimum atomic E-state index is 0.730. The highest BCUT2D eigenvalue weighted by molar-refractivity contribution is 5.83. The number of hydrogen-bond donors (Lipinski definition) is 1. The Morgan fingerprint density at radius 1 is 1.11 bits per heavy atom. The van der Waals surface area contributed by atoms with Gasteiger partial charge in [-0.25, -0.2) is 0 Å². The number of fused-ring (bicyclic) bond motifs is 1. The summed E-state index contributed by atoms with van der Waals surface area (Å²) < 4.78 is 2.47. The van der Waals surface area contributed by atoms with Crippen molar-refractivity contribution in [1.29, 1.82) is 0 Å². The van der Waals surface area contributed by atoms with E-state index in [1.807, 2.05) is 0 Å². The highest BCUT2D eigenvalue weighted by Gasteiger charge is 2.15. The van der Waals surface area contributed by atoms with Crippen LogP contribution in [-0.2, 0) is 13.0 Å². The van der Waals surface area contributed by atoms with E-state index in [0.29, 0.717) is 0 Å². The lowest BCUT2D eigenvalue weighted by atomic mass is 9.89. The summed E-state index contributed by atoms with van der Waals surface area (Å²) in [5, 5.41) is 1.36. The maximum atomic E-state index is 5.75. The Bertz CT molecular complexity index is 535. The molecule has 1 heterocycles. The fourth-order valence-corrected chi connectivity index (χ4v) is 3.50. The Hall–Kier alpha value is -1.28. The van der Waals surface area contributed by atoms with E-state index >= 15 is 0 Å². The molecular formula is C17H24N2. The second-order valence-corrected chi connectivity index (χ2v) is 5.87. The van der Waals surface area contributed by atoms with Crippen LogP contribution in [0.4, 0.5) is 0 Å². The summed E-state index contributed by atoms with van der Waals surface area (Å²) in [5.41, 5.74) is 8.56. The number of benzene rings is 1. The zero-order valence-electron chi connectivity index (χ0n) is 11.6. The Balaban J connectivity index is 1.89. The van der Waals surface area contributed by atoms with Gasteiger partial charge in [0.15, 0.2) is 0 Å². The molecule has 2 aromatic rings. The molecule has 2 nitrogen and oxygen atoms in total. The highest BCUT2D eigenvalue weighted by Crippen LogP contribution is 2.28. The van der Waals surface area contributed by atoms with E-state index in [-0.39, 0.29) is 0 Å². The van der Waals surface area contributed by atoms with Crippen molar-refractivity contribution in [2.45, 2.75) is 45.1 Å². The third-order valence-corrected chi connectivity index (χ3v) is 4.47. The summed E-state index contributed by atoms with van der Waals surface area (Å²) in [5.74, 6) is 0.871. The zero-order chi connectivity index (χ0) is 13.1. The largest absolute Gasteiger partial charge is 0.347 e. The number of para-hydroxylation sites is 1. The monoisotopic (exact) mass is 256 g/mol. The predicted molar refractivity (Wildman–Crippen MR) is 81.3 cm³/mol. The lowest BCUT2D eigenvalue weighted by Gasteiger charge is -2.23. The summed E-state index contributed by atoms with van der Waals surface area (Å²) in [4.78, 5) is 0. The van der Waals surface area contributed by atoms with Crippen LogP contribution in [0.15, 0.2) is 30.5 Å². The topological polar surface area (TPSA) is 30.9 Å². The molecule has 3 rings (SSSR count). The molecule has 0 bridgehead atoms. The van der Waals surface area contributed by atoms with Crippen molar-refractivity contribution < 1.29 is 0 Å². The molecule has 1 saturated carbocycles. The number of rotatable bonds is 4. The minimum Gasteiger partial charge on any atom is -0.347 e. The molecule has 0 aliphatic heterocycles. The van der Waals surface area contributed by atoms with Crippen molar-refractivity contribution in [2.75, 3.05) is 6.54 Å². The molecule has 2 N–H and O–H groups in total. The van der Waals surface area contributed by atoms with E-state index < -0.39 is 0 Å². The molecule has 1 aliphatic carbocycles. The van der Waals surface area contributed by atoms with Gasteiger partial charge in [-0.3, -0.25) is 0 Å². The smallest absolute Gasteiger partial charge is 0.0513 e. The minimum absolute atomic E-state index is 0.730. The van der Waals surface area contributed by atoms with E-state index in [9.17, 15) is 0 Å². The molecule has 1 aliphatic rings. The molecule has 19 heavy (non-hydrogen) atoms. The lowest BCUT2D eigenvalue weighted by molar-refractivity contribution is 0.322. The van der Waals surface area contributed by atoms with Crippen LogP contribution in [0.25, 0.3) is 10.9 Å². The first kappa shape index (κ1) is 12.7. The summed E-state index contributed by atoms with van der Waals surface area (Å²) in [7, 11) is 0. The van der Waals surface area contributed by atoms with E-state index in [2.05, 4.69) is 35.0 Å². The van der Waals surface area contributed by atoms with E-state index in [4.69, 9.17) is 5.73 Å². The van der Waals surface area contributed by atoms with Gasteiger partial charge >= 0.3 is 0 Å². The SMILES string of the molecule is NCCc1cccc2ccn(CC3CCCCC3)c12. The van der Waals surface area contributed by atoms with Crippen LogP contribution in [-0.4, -0.2) is 11.1 Å². The van der Waals surface area contributed by atoms with Gasteiger partial charge in [-0.15, -0.1) is 0 Å². The maximum Gasteiger partial charge on any atom is 0.0513 e. The van der Waals surface area contributed by atoms with Crippen LogP contribution < -0.4 is 5.73 Å². The van der Waals surface area contributed by atoms with Gasteiger partial charge in [0, 0.05) is 12.7 Å². The highest BCUT2D eigenvalue weighted by atomic mass is 15.0. The molecule has 102 valence electrons. The predicted octanol–water partition coefficient (Wildman–Crippen LogP) is 3.72. The molecule has 0 saturated heterocycles. The number of hydrogen-bond acceptors (Lipinski definition) is 1. The van der Waals surface area contributed by atoms with Gasteiger partial charge in [0.2, 0.25) is 0 Å². The zero-order valence-corrected chi connectivity index (χ0v) is 11.6. The van der Waals surface area contributed by atoms with Gasteiger partial charge in [-0.05, 0) is 48.7 Å². The van der Waals surface area contributed by atoms with Crippen molar-refractivity contribution in [3.8, 4) is 0 Å². The fourth-order valence-electron chi connectivity index (χ4n) is 3.50. The first-order valence-electron chi connectivity index (χ1n) is 7.65. The summed E-state index contributed by atoms with van der Waals surface area (Å²) in [6, 6.07) is 8.84. The summed E-state index contributed by atoms with van der Waals surface area (Å²) in [6.45, 7) is 1.92. The lowest BCUT2D eigenvalue weighted by Crippen LogP contribution is -2.14. The first-order chi connectivity index (χ1) is 9.38. The van der Waals surface area contributed by atoms with E-state index in [1.54, 1.807) is 0 Å². The Morgan fingerprint density at radius 3 is 2.74 bits per heavy atom. The standard InChI is InChI=1S/C17H24N2/c18-11-9-15-7-4-8-16-10-12-19(17(15)16)13-14-5-2-1-3-6-14/h4,7-8,10,12,14H,1-3,5-6,9,11,13,18H2. The molecule has 1 aromatic heterocycles. The normalized spacial score (nSPS) is 17.1. The number of nitrogens with zero attached hydrogens (tertiary/aromatic N) is 1. The van der Waals surface area contributed by atoms with Gasteiger partial charge in [0.25, 0.3) is 0 Å². The Labute approximate surface area is 115 Å². The second kappa shape index (κ2) is 5.79. The van der Waals surface area contributed by atoms with Gasteiger partial charge < -0.3 is 10.3 Å². The van der Waals surface area contributed by atoms with Crippen LogP contribution in [0.5, 0.6) is 0 Å². The van der Waals surface area contributed by atoms with Gasteiger partial charge in [0.1, 0.15) is 0 Å².